The molecule has 3 aromatic rings. The number of amides is 1. The molecule has 0 radical (unpaired) electrons. The van der Waals surface area contributed by atoms with Crippen molar-refractivity contribution in [1.29, 1.82) is 0 Å². The summed E-state index contributed by atoms with van der Waals surface area (Å²) >= 11 is 0. The van der Waals surface area contributed by atoms with Crippen LogP contribution in [0.1, 0.15) is 29.2 Å². The van der Waals surface area contributed by atoms with E-state index >= 15 is 0 Å². The monoisotopic (exact) mass is 382 g/mol. The molecule has 1 aliphatic carbocycles. The van der Waals surface area contributed by atoms with Crippen LogP contribution in [-0.4, -0.2) is 28.2 Å². The highest BCUT2D eigenvalue weighted by Crippen LogP contribution is 2.44. The van der Waals surface area contributed by atoms with Gasteiger partial charge in [-0.05, 0) is 36.6 Å². The van der Waals surface area contributed by atoms with E-state index in [1.165, 1.54) is 6.07 Å². The van der Waals surface area contributed by atoms with Crippen molar-refractivity contribution in [2.45, 2.75) is 25.3 Å². The number of halogens is 1. The molecule has 0 aliphatic heterocycles. The largest absolute Gasteiger partial charge is 0.481 e. The number of rotatable bonds is 6. The number of aromatic nitrogens is 1. The van der Waals surface area contributed by atoms with Crippen molar-refractivity contribution >= 4 is 22.8 Å². The highest BCUT2D eigenvalue weighted by atomic mass is 19.1. The van der Waals surface area contributed by atoms with Crippen LogP contribution >= 0.6 is 0 Å². The molecule has 1 unspecified atom stereocenters. The van der Waals surface area contributed by atoms with Gasteiger partial charge in [0.2, 0.25) is 5.91 Å². The molecule has 3 N–H and O–H groups in total. The third-order valence-corrected chi connectivity index (χ3v) is 5.20. The molecule has 6 nitrogen and oxygen atoms in total. The Morgan fingerprint density at radius 1 is 1.21 bits per heavy atom. The molecule has 4 rings (SSSR count). The summed E-state index contributed by atoms with van der Waals surface area (Å²) in [5.74, 6) is -1.92. The lowest BCUT2D eigenvalue weighted by Crippen LogP contribution is -2.19. The fourth-order valence-electron chi connectivity index (χ4n) is 4.04. The zero-order valence-electron chi connectivity index (χ0n) is 15.0. The lowest BCUT2D eigenvalue weighted by atomic mass is 9.99. The first kappa shape index (κ1) is 18.0. The first-order valence-corrected chi connectivity index (χ1v) is 8.98. The van der Waals surface area contributed by atoms with Gasteiger partial charge in [-0.25, -0.2) is 9.18 Å². The van der Waals surface area contributed by atoms with E-state index in [1.54, 1.807) is 30.3 Å². The van der Waals surface area contributed by atoms with Crippen molar-refractivity contribution in [3.05, 3.63) is 65.1 Å². The Morgan fingerprint density at radius 3 is 2.71 bits per heavy atom. The number of carboxylic acid groups (broad SMARTS) is 1. The van der Waals surface area contributed by atoms with Crippen LogP contribution in [0.3, 0.4) is 0 Å². The highest BCUT2D eigenvalue weighted by Gasteiger charge is 2.34. The van der Waals surface area contributed by atoms with Gasteiger partial charge < -0.3 is 20.1 Å². The van der Waals surface area contributed by atoms with Gasteiger partial charge >= 0.3 is 5.97 Å². The third kappa shape index (κ3) is 2.98. The van der Waals surface area contributed by atoms with Gasteiger partial charge in [-0.15, -0.1) is 0 Å². The van der Waals surface area contributed by atoms with Crippen LogP contribution in [-0.2, 0) is 22.6 Å². The first-order chi connectivity index (χ1) is 13.5. The Labute approximate surface area is 160 Å². The minimum atomic E-state index is -1.09. The van der Waals surface area contributed by atoms with E-state index in [0.29, 0.717) is 36.1 Å². The van der Waals surface area contributed by atoms with E-state index < -0.39 is 24.4 Å². The van der Waals surface area contributed by atoms with Crippen LogP contribution in [0.2, 0.25) is 0 Å². The summed E-state index contributed by atoms with van der Waals surface area (Å²) in [6, 6.07) is 11.8. The number of carbonyl (C=O) groups is 2. The maximum Gasteiger partial charge on any atom is 0.341 e. The third-order valence-electron chi connectivity index (χ3n) is 5.20. The molecule has 1 aromatic heterocycles. The van der Waals surface area contributed by atoms with E-state index in [1.807, 2.05) is 10.6 Å². The number of benzene rings is 2. The summed E-state index contributed by atoms with van der Waals surface area (Å²) in [5.41, 5.74) is 8.59. The molecular weight excluding hydrogens is 363 g/mol. The first-order valence-electron chi connectivity index (χ1n) is 8.98. The van der Waals surface area contributed by atoms with Crippen LogP contribution < -0.4 is 10.5 Å². The number of hydrogen-bond acceptors (Lipinski definition) is 3. The van der Waals surface area contributed by atoms with E-state index in [0.717, 1.165) is 16.8 Å². The predicted octanol–water partition coefficient (Wildman–Crippen LogP) is 2.81. The van der Waals surface area contributed by atoms with Gasteiger partial charge in [0.1, 0.15) is 11.6 Å². The second kappa shape index (κ2) is 6.99. The maximum atomic E-state index is 14.2. The van der Waals surface area contributed by atoms with Gasteiger partial charge in [-0.2, -0.15) is 0 Å². The predicted molar refractivity (Wildman–Crippen MR) is 101 cm³/mol. The Kier molecular flexibility index (Phi) is 4.50. The molecule has 0 fully saturated rings. The number of primary amides is 1. The van der Waals surface area contributed by atoms with Crippen LogP contribution in [0.5, 0.6) is 5.75 Å². The molecule has 2 aromatic carbocycles. The lowest BCUT2D eigenvalue weighted by molar-refractivity contribution is -0.139. The lowest BCUT2D eigenvalue weighted by Gasteiger charge is -2.12. The minimum Gasteiger partial charge on any atom is -0.481 e. The quantitative estimate of drug-likeness (QED) is 0.685. The smallest absolute Gasteiger partial charge is 0.341 e. The number of ether oxygens (including phenoxy) is 1. The van der Waals surface area contributed by atoms with Gasteiger partial charge in [-0.3, -0.25) is 4.79 Å². The Bertz CT molecular complexity index is 1090. The van der Waals surface area contributed by atoms with Crippen molar-refractivity contribution in [3.63, 3.8) is 0 Å². The number of carbonyl (C=O) groups excluding carboxylic acids is 1. The SMILES string of the molecule is NC(=O)C1CCc2c1c1c(OCC(=O)O)cccc1n2Cc1ccccc1F. The Hall–Kier alpha value is -3.35. The number of nitrogens with two attached hydrogens (primary N) is 1. The summed E-state index contributed by atoms with van der Waals surface area (Å²) < 4.78 is 21.7. The molecule has 0 saturated heterocycles. The van der Waals surface area contributed by atoms with E-state index in [2.05, 4.69) is 0 Å². The topological polar surface area (TPSA) is 94.6 Å². The molecule has 1 atom stereocenters. The fourth-order valence-corrected chi connectivity index (χ4v) is 4.04. The molecule has 28 heavy (non-hydrogen) atoms. The summed E-state index contributed by atoms with van der Waals surface area (Å²) in [6.45, 7) is -0.194. The van der Waals surface area contributed by atoms with Crippen LogP contribution in [0, 0.1) is 5.82 Å². The van der Waals surface area contributed by atoms with Crippen molar-refractivity contribution < 1.29 is 23.8 Å². The normalized spacial score (nSPS) is 15.5. The summed E-state index contributed by atoms with van der Waals surface area (Å²) in [5, 5.41) is 9.64. The molecule has 1 amide bonds. The van der Waals surface area contributed by atoms with Crippen LogP contribution in [0.15, 0.2) is 42.5 Å². The molecule has 0 saturated carbocycles. The van der Waals surface area contributed by atoms with Gasteiger partial charge in [-0.1, -0.05) is 24.3 Å². The second-order valence-corrected chi connectivity index (χ2v) is 6.86. The number of hydrogen-bond donors (Lipinski definition) is 2. The second-order valence-electron chi connectivity index (χ2n) is 6.86. The molecule has 1 aliphatic rings. The van der Waals surface area contributed by atoms with Crippen molar-refractivity contribution in [1.82, 2.24) is 4.57 Å². The average molecular weight is 382 g/mol. The number of carboxylic acids is 1. The van der Waals surface area contributed by atoms with Crippen molar-refractivity contribution in [3.8, 4) is 5.75 Å². The fraction of sp³-hybridized carbons (Fsp3) is 0.238. The Morgan fingerprint density at radius 2 is 2.00 bits per heavy atom. The van der Waals surface area contributed by atoms with E-state index in [4.69, 9.17) is 15.6 Å². The van der Waals surface area contributed by atoms with E-state index in [9.17, 15) is 14.0 Å². The Balaban J connectivity index is 1.91. The average Bonchev–Trinajstić information content (AvgIpc) is 3.21. The maximum absolute atomic E-state index is 14.2. The summed E-state index contributed by atoms with van der Waals surface area (Å²) in [7, 11) is 0. The highest BCUT2D eigenvalue weighted by molar-refractivity contribution is 5.97. The number of fused-ring (bicyclic) bond motifs is 3. The van der Waals surface area contributed by atoms with Gasteiger partial charge in [0.25, 0.3) is 0 Å². The molecule has 1 heterocycles. The number of aliphatic carboxylic acids is 1. The minimum absolute atomic E-state index is 0.298. The van der Waals surface area contributed by atoms with Crippen LogP contribution in [0.25, 0.3) is 10.9 Å². The van der Waals surface area contributed by atoms with Crippen molar-refractivity contribution in [2.24, 2.45) is 5.73 Å². The van der Waals surface area contributed by atoms with Gasteiger partial charge in [0.15, 0.2) is 6.61 Å². The van der Waals surface area contributed by atoms with Crippen molar-refractivity contribution in [2.75, 3.05) is 6.61 Å². The van der Waals surface area contributed by atoms with Gasteiger partial charge in [0.05, 0.1) is 18.0 Å². The van der Waals surface area contributed by atoms with E-state index in [-0.39, 0.29) is 5.82 Å². The molecular formula is C21H19FN2O4. The standard InChI is InChI=1S/C21H19FN2O4/c22-14-5-2-1-4-12(14)10-24-15-6-3-7-17(28-11-18(25)26)20(15)19-13(21(23)27)8-9-16(19)24/h1-7,13H,8-11H2,(H2,23,27)(H,25,26). The summed E-state index contributed by atoms with van der Waals surface area (Å²) in [6.07, 6.45) is 1.20. The zero-order valence-corrected chi connectivity index (χ0v) is 15.0. The number of nitrogens with zero attached hydrogens (tertiary/aromatic N) is 1. The van der Waals surface area contributed by atoms with Gasteiger partial charge in [0, 0.05) is 16.6 Å². The van der Waals surface area contributed by atoms with Crippen LogP contribution in [0.4, 0.5) is 4.39 Å². The molecule has 0 spiro atoms. The molecule has 144 valence electrons. The molecule has 7 heteroatoms. The summed E-state index contributed by atoms with van der Waals surface area (Å²) in [4.78, 5) is 23.0. The molecule has 0 bridgehead atoms. The zero-order chi connectivity index (χ0) is 19.8.